The SMILES string of the molecule is CCC[CH2][Sn]([CH2]CCC)([CH2]CCC)[c]1ccc(-c2ccc(-c3cc[c]([Sn]([CH2]CCC)([CH2]CCC)[CH2]CCC)s3)s2)s1. The van der Waals surface area contributed by atoms with Crippen LogP contribution < -0.4 is 5.79 Å². The van der Waals surface area contributed by atoms with Crippen molar-refractivity contribution in [3.63, 3.8) is 0 Å². The Kier molecular flexibility index (Phi) is 17.0. The molecule has 0 N–H and O–H groups in total. The molecule has 0 unspecified atom stereocenters. The first-order valence-corrected chi connectivity index (χ1v) is 34.7. The number of thiophene rings is 3. The molecule has 230 valence electrons. The van der Waals surface area contributed by atoms with Crippen molar-refractivity contribution in [1.29, 1.82) is 0 Å². The van der Waals surface area contributed by atoms with Gasteiger partial charge < -0.3 is 0 Å². The van der Waals surface area contributed by atoms with Crippen LogP contribution in [-0.2, 0) is 0 Å². The molecule has 0 aromatic carbocycles. The van der Waals surface area contributed by atoms with Crippen molar-refractivity contribution in [1.82, 2.24) is 0 Å². The second-order valence-electron chi connectivity index (χ2n) is 12.7. The zero-order chi connectivity index (χ0) is 29.6. The summed E-state index contributed by atoms with van der Waals surface area (Å²) >= 11 is 1.78. The van der Waals surface area contributed by atoms with Crippen LogP contribution in [0.25, 0.3) is 19.5 Å². The molecule has 0 atom stereocenters. The van der Waals surface area contributed by atoms with Crippen molar-refractivity contribution in [3.8, 4) is 19.5 Å². The third-order valence-corrected chi connectivity index (χ3v) is 49.6. The van der Waals surface area contributed by atoms with Crippen LogP contribution in [0.3, 0.4) is 0 Å². The fourth-order valence-corrected chi connectivity index (χ4v) is 48.2. The zero-order valence-corrected chi connectivity index (χ0v) is 35.6. The van der Waals surface area contributed by atoms with Gasteiger partial charge in [-0.2, -0.15) is 0 Å². The summed E-state index contributed by atoms with van der Waals surface area (Å²) in [6.45, 7) is 14.4. The van der Waals surface area contributed by atoms with E-state index in [1.54, 1.807) is 36.4 Å². The zero-order valence-electron chi connectivity index (χ0n) is 27.4. The molecule has 0 amide bonds. The molecule has 0 spiro atoms. The Morgan fingerprint density at radius 1 is 0.366 bits per heavy atom. The minimum atomic E-state index is -2.35. The average Bonchev–Trinajstić information content (AvgIpc) is 3.78. The van der Waals surface area contributed by atoms with Gasteiger partial charge in [-0.25, -0.2) is 0 Å². The molecule has 0 nitrogen and oxygen atoms in total. The summed E-state index contributed by atoms with van der Waals surface area (Å²) in [4.78, 5) is 6.10. The van der Waals surface area contributed by atoms with E-state index in [1.807, 2.05) is 5.79 Å². The molecule has 0 aliphatic rings. The fourth-order valence-electron chi connectivity index (χ4n) is 6.69. The summed E-state index contributed by atoms with van der Waals surface area (Å²) in [7, 11) is 0. The van der Waals surface area contributed by atoms with Crippen LogP contribution in [0, 0.1) is 0 Å². The van der Waals surface area contributed by atoms with Gasteiger partial charge in [-0.05, 0) is 0 Å². The normalized spacial score (nSPS) is 12.4. The number of hydrogen-bond acceptors (Lipinski definition) is 3. The van der Waals surface area contributed by atoms with E-state index in [1.165, 1.54) is 86.8 Å². The Labute approximate surface area is 274 Å². The molecule has 0 saturated carbocycles. The van der Waals surface area contributed by atoms with Gasteiger partial charge in [0.2, 0.25) is 0 Å². The monoisotopic (exact) mass is 828 g/mol. The van der Waals surface area contributed by atoms with Crippen molar-refractivity contribution in [2.45, 2.75) is 145 Å². The van der Waals surface area contributed by atoms with E-state index in [4.69, 9.17) is 0 Å². The van der Waals surface area contributed by atoms with Crippen molar-refractivity contribution < 1.29 is 0 Å². The van der Waals surface area contributed by atoms with Gasteiger partial charge in [0.1, 0.15) is 0 Å². The third-order valence-electron chi connectivity index (χ3n) is 9.40. The molecule has 0 saturated heterocycles. The van der Waals surface area contributed by atoms with Gasteiger partial charge in [0, 0.05) is 0 Å². The number of unbranched alkanes of at least 4 members (excludes halogenated alkanes) is 6. The van der Waals surface area contributed by atoms with E-state index in [2.05, 4.69) is 112 Å². The van der Waals surface area contributed by atoms with E-state index in [0.29, 0.717) is 0 Å². The average molecular weight is 826 g/mol. The molecule has 3 aromatic heterocycles. The van der Waals surface area contributed by atoms with Crippen molar-refractivity contribution in [2.24, 2.45) is 0 Å². The van der Waals surface area contributed by atoms with E-state index in [-0.39, 0.29) is 0 Å². The summed E-state index contributed by atoms with van der Waals surface area (Å²) in [5.41, 5.74) is 0. The van der Waals surface area contributed by atoms with Gasteiger partial charge in [0.15, 0.2) is 0 Å². The van der Waals surface area contributed by atoms with Crippen molar-refractivity contribution in [3.05, 3.63) is 36.4 Å². The predicted molar refractivity (Wildman–Crippen MR) is 200 cm³/mol. The van der Waals surface area contributed by atoms with Crippen LogP contribution in [0.1, 0.15) is 119 Å². The van der Waals surface area contributed by atoms with Crippen LogP contribution in [0.2, 0.25) is 26.6 Å². The summed E-state index contributed by atoms with van der Waals surface area (Å²) in [5, 5.41) is 0. The van der Waals surface area contributed by atoms with Crippen molar-refractivity contribution >= 4 is 76.6 Å². The van der Waals surface area contributed by atoms with Crippen LogP contribution in [0.15, 0.2) is 36.4 Å². The Morgan fingerprint density at radius 3 is 0.878 bits per heavy atom. The Balaban J connectivity index is 1.89. The Hall–Kier alpha value is 0.697. The molecule has 0 aliphatic heterocycles. The second-order valence-corrected chi connectivity index (χ2v) is 44.2. The predicted octanol–water partition coefficient (Wildman–Crippen LogP) is 13.3. The van der Waals surface area contributed by atoms with Gasteiger partial charge in [-0.3, -0.25) is 0 Å². The molecule has 0 fully saturated rings. The summed E-state index contributed by atoms with van der Waals surface area (Å²) < 4.78 is 13.2. The van der Waals surface area contributed by atoms with Crippen molar-refractivity contribution in [2.75, 3.05) is 0 Å². The fraction of sp³-hybridized carbons (Fsp3) is 0.667. The molecule has 41 heavy (non-hydrogen) atoms. The maximum atomic E-state index is 2.61. The van der Waals surface area contributed by atoms with Crippen LogP contribution in [0.5, 0.6) is 0 Å². The molecule has 3 rings (SSSR count). The van der Waals surface area contributed by atoms with E-state index in [0.717, 1.165) is 0 Å². The van der Waals surface area contributed by atoms with Gasteiger partial charge in [0.05, 0.1) is 0 Å². The quantitative estimate of drug-likeness (QED) is 0.0886. The summed E-state index contributed by atoms with van der Waals surface area (Å²) in [6.07, 6.45) is 16.8. The van der Waals surface area contributed by atoms with E-state index in [9.17, 15) is 0 Å². The molecule has 0 aliphatic carbocycles. The number of rotatable bonds is 22. The first kappa shape index (κ1) is 36.2. The second kappa shape index (κ2) is 19.3. The van der Waals surface area contributed by atoms with Crippen LogP contribution in [-0.4, -0.2) is 36.8 Å². The summed E-state index contributed by atoms with van der Waals surface area (Å²) in [6, 6.07) is 15.1. The Morgan fingerprint density at radius 2 is 0.610 bits per heavy atom. The molecule has 0 bridgehead atoms. The molecule has 5 heteroatoms. The third kappa shape index (κ3) is 10.1. The maximum absolute atomic E-state index is 2.61. The first-order valence-electron chi connectivity index (χ1n) is 17.3. The van der Waals surface area contributed by atoms with Crippen LogP contribution in [0.4, 0.5) is 0 Å². The van der Waals surface area contributed by atoms with Crippen LogP contribution >= 0.6 is 34.0 Å². The van der Waals surface area contributed by atoms with E-state index < -0.39 is 36.8 Å². The Bertz CT molecular complexity index is 979. The molecular formula is C36H60S3Sn2. The van der Waals surface area contributed by atoms with E-state index >= 15 is 0 Å². The summed E-state index contributed by atoms with van der Waals surface area (Å²) in [5.74, 6) is 0. The molecular weight excluding hydrogens is 766 g/mol. The molecule has 0 radical (unpaired) electrons. The molecule has 3 aromatic rings. The van der Waals surface area contributed by atoms with Gasteiger partial charge in [-0.15, -0.1) is 0 Å². The molecule has 3 heterocycles. The van der Waals surface area contributed by atoms with Gasteiger partial charge >= 0.3 is 278 Å². The number of hydrogen-bond donors (Lipinski definition) is 0. The standard InChI is InChI=1S/C12H6S3.6C4H9.2Sn/c1-3-9(13-7-1)11-5-6-12(15-11)10-4-2-8-14-10;6*1-3-4-2;;/h1-6H;6*1,3-4H2,2H3;;. The topological polar surface area (TPSA) is 0 Å². The minimum absolute atomic E-state index is 1.35. The van der Waals surface area contributed by atoms with Gasteiger partial charge in [0.25, 0.3) is 0 Å². The first-order chi connectivity index (χ1) is 20.0. The van der Waals surface area contributed by atoms with Gasteiger partial charge in [-0.1, -0.05) is 0 Å².